The van der Waals surface area contributed by atoms with E-state index in [1.165, 1.54) is 0 Å². The predicted molar refractivity (Wildman–Crippen MR) is 140 cm³/mol. The highest BCUT2D eigenvalue weighted by Gasteiger charge is 2.36. The molecule has 0 atom stereocenters. The summed E-state index contributed by atoms with van der Waals surface area (Å²) in [6, 6.07) is 1.92. The fourth-order valence-corrected chi connectivity index (χ4v) is 5.03. The Morgan fingerprint density at radius 2 is 1.86 bits per heavy atom. The number of carbonyl (C=O) groups excluding carboxylic acids is 2. The van der Waals surface area contributed by atoms with E-state index < -0.39 is 11.5 Å². The SMILES string of the molecule is CC(C)(CN(CC/C=C/n1nc(C2CCC(F)(F)CC2)cc(C(C)(C)C)c1=N)C(=O)C1CCC1)NC=O. The molecule has 1 aromatic rings. The van der Waals surface area contributed by atoms with Crippen molar-refractivity contribution in [1.29, 1.82) is 5.41 Å². The highest BCUT2D eigenvalue weighted by molar-refractivity contribution is 5.79. The summed E-state index contributed by atoms with van der Waals surface area (Å²) in [5.41, 5.74) is 1.01. The first-order valence-electron chi connectivity index (χ1n) is 13.5. The first-order valence-corrected chi connectivity index (χ1v) is 13.5. The Bertz CT molecular complexity index is 1040. The molecule has 2 aliphatic rings. The number of hydrogen-bond acceptors (Lipinski definition) is 4. The van der Waals surface area contributed by atoms with Gasteiger partial charge in [0.05, 0.1) is 11.2 Å². The summed E-state index contributed by atoms with van der Waals surface area (Å²) in [5.74, 6) is -2.48. The molecule has 1 heterocycles. The van der Waals surface area contributed by atoms with Crippen LogP contribution in [0.2, 0.25) is 0 Å². The van der Waals surface area contributed by atoms with E-state index in [4.69, 9.17) is 5.41 Å². The van der Waals surface area contributed by atoms with Crippen LogP contribution in [0, 0.1) is 11.3 Å². The lowest BCUT2D eigenvalue weighted by Crippen LogP contribution is -2.52. The fraction of sp³-hybridized carbons (Fsp3) is 0.714. The summed E-state index contributed by atoms with van der Waals surface area (Å²) < 4.78 is 29.0. The van der Waals surface area contributed by atoms with Crippen LogP contribution in [-0.4, -0.2) is 51.5 Å². The van der Waals surface area contributed by atoms with Gasteiger partial charge in [0, 0.05) is 49.5 Å². The molecule has 2 amide bonds. The first-order chi connectivity index (χ1) is 17.2. The molecule has 7 nitrogen and oxygen atoms in total. The van der Waals surface area contributed by atoms with Crippen LogP contribution in [0.25, 0.3) is 6.20 Å². The van der Waals surface area contributed by atoms with Gasteiger partial charge in [-0.05, 0) is 57.4 Å². The molecule has 3 rings (SSSR count). The van der Waals surface area contributed by atoms with Gasteiger partial charge in [0.15, 0.2) is 0 Å². The minimum absolute atomic E-state index is 0.0517. The second-order valence-corrected chi connectivity index (χ2v) is 12.4. The zero-order valence-corrected chi connectivity index (χ0v) is 22.9. The van der Waals surface area contributed by atoms with Crippen molar-refractivity contribution < 1.29 is 18.4 Å². The Balaban J connectivity index is 1.78. The van der Waals surface area contributed by atoms with Crippen molar-refractivity contribution in [2.75, 3.05) is 13.1 Å². The Morgan fingerprint density at radius 3 is 2.41 bits per heavy atom. The van der Waals surface area contributed by atoms with Crippen LogP contribution in [0.3, 0.4) is 0 Å². The molecule has 2 aliphatic carbocycles. The number of rotatable bonds is 10. The van der Waals surface area contributed by atoms with Crippen molar-refractivity contribution >= 4 is 18.5 Å². The number of carbonyl (C=O) groups is 2. The van der Waals surface area contributed by atoms with Crippen LogP contribution in [-0.2, 0) is 15.0 Å². The number of nitrogens with one attached hydrogen (secondary N) is 2. The molecule has 0 aromatic carbocycles. The van der Waals surface area contributed by atoms with E-state index in [2.05, 4.69) is 10.4 Å². The van der Waals surface area contributed by atoms with Gasteiger partial charge in [0.1, 0.15) is 5.49 Å². The molecular formula is C28H43F2N5O2. The molecule has 0 spiro atoms. The molecule has 206 valence electrons. The van der Waals surface area contributed by atoms with E-state index >= 15 is 0 Å². The van der Waals surface area contributed by atoms with Gasteiger partial charge in [-0.2, -0.15) is 5.10 Å². The van der Waals surface area contributed by atoms with Crippen molar-refractivity contribution in [3.63, 3.8) is 0 Å². The second-order valence-electron chi connectivity index (χ2n) is 12.4. The summed E-state index contributed by atoms with van der Waals surface area (Å²) in [7, 11) is 0. The Labute approximate surface area is 219 Å². The maximum atomic E-state index is 13.7. The van der Waals surface area contributed by atoms with Gasteiger partial charge in [-0.3, -0.25) is 15.0 Å². The molecule has 0 unspecified atom stereocenters. The minimum Gasteiger partial charge on any atom is -0.352 e. The van der Waals surface area contributed by atoms with E-state index in [-0.39, 0.29) is 41.5 Å². The summed E-state index contributed by atoms with van der Waals surface area (Å²) in [5, 5.41) is 16.2. The normalized spacial score (nSPS) is 19.0. The van der Waals surface area contributed by atoms with E-state index in [9.17, 15) is 18.4 Å². The Kier molecular flexibility index (Phi) is 8.96. The Morgan fingerprint density at radius 1 is 1.22 bits per heavy atom. The number of alkyl halides is 2. The van der Waals surface area contributed by atoms with Crippen molar-refractivity contribution in [3.8, 4) is 0 Å². The van der Waals surface area contributed by atoms with Gasteiger partial charge < -0.3 is 10.2 Å². The summed E-state index contributed by atoms with van der Waals surface area (Å²) >= 11 is 0. The third-order valence-electron chi connectivity index (χ3n) is 7.56. The van der Waals surface area contributed by atoms with Crippen LogP contribution >= 0.6 is 0 Å². The lowest BCUT2D eigenvalue weighted by molar-refractivity contribution is -0.139. The topological polar surface area (TPSA) is 91.1 Å². The van der Waals surface area contributed by atoms with E-state index in [1.54, 1.807) is 10.9 Å². The van der Waals surface area contributed by atoms with Gasteiger partial charge in [-0.1, -0.05) is 33.3 Å². The first kappa shape index (κ1) is 29.0. The average molecular weight is 520 g/mol. The van der Waals surface area contributed by atoms with Gasteiger partial charge in [-0.15, -0.1) is 0 Å². The van der Waals surface area contributed by atoms with Gasteiger partial charge in [-0.25, -0.2) is 13.5 Å². The lowest BCUT2D eigenvalue weighted by Gasteiger charge is -2.36. The van der Waals surface area contributed by atoms with Gasteiger partial charge in [0.2, 0.25) is 18.2 Å². The number of amides is 2. The lowest BCUT2D eigenvalue weighted by atomic mass is 9.82. The van der Waals surface area contributed by atoms with Crippen molar-refractivity contribution in [2.45, 2.75) is 109 Å². The molecule has 2 saturated carbocycles. The summed E-state index contributed by atoms with van der Waals surface area (Å²) in [4.78, 5) is 25.9. The quantitative estimate of drug-likeness (QED) is 0.428. The number of hydrogen-bond donors (Lipinski definition) is 2. The molecule has 0 bridgehead atoms. The number of halogens is 2. The molecule has 0 saturated heterocycles. The number of nitrogens with zero attached hydrogens (tertiary/aromatic N) is 3. The third kappa shape index (κ3) is 7.71. The molecule has 2 fully saturated rings. The van der Waals surface area contributed by atoms with Crippen molar-refractivity contribution in [2.24, 2.45) is 5.92 Å². The van der Waals surface area contributed by atoms with Crippen LogP contribution in [0.5, 0.6) is 0 Å². The Hall–Kier alpha value is -2.58. The monoisotopic (exact) mass is 519 g/mol. The molecule has 1 aromatic heterocycles. The van der Waals surface area contributed by atoms with Crippen LogP contribution < -0.4 is 10.8 Å². The molecule has 0 radical (unpaired) electrons. The average Bonchev–Trinajstić information content (AvgIpc) is 2.74. The largest absolute Gasteiger partial charge is 0.352 e. The molecule has 2 N–H and O–H groups in total. The van der Waals surface area contributed by atoms with E-state index in [1.807, 2.05) is 51.7 Å². The molecule has 0 aliphatic heterocycles. The fourth-order valence-electron chi connectivity index (χ4n) is 5.03. The summed E-state index contributed by atoms with van der Waals surface area (Å²) in [6.45, 7) is 10.8. The van der Waals surface area contributed by atoms with Crippen LogP contribution in [0.4, 0.5) is 8.78 Å². The van der Waals surface area contributed by atoms with E-state index in [0.29, 0.717) is 38.8 Å². The zero-order valence-electron chi connectivity index (χ0n) is 22.9. The maximum absolute atomic E-state index is 13.7. The molecular weight excluding hydrogens is 476 g/mol. The maximum Gasteiger partial charge on any atom is 0.248 e. The van der Waals surface area contributed by atoms with Gasteiger partial charge >= 0.3 is 0 Å². The summed E-state index contributed by atoms with van der Waals surface area (Å²) in [6.07, 6.45) is 8.25. The van der Waals surface area contributed by atoms with Crippen LogP contribution in [0.1, 0.15) is 103 Å². The predicted octanol–water partition coefficient (Wildman–Crippen LogP) is 4.97. The standard InChI is InChI=1S/C28H43F2N5O2/c1-26(2,3)22-17-23(20-11-13-28(29,30)14-12-20)33-35(24(22)31)16-7-6-15-34(18-27(4,5)32-19-36)25(37)21-9-8-10-21/h7,16-17,19-21,31H,6,8-15,18H2,1-5H3,(H,32,36)/b16-7+,31-24?. The molecule has 9 heteroatoms. The van der Waals surface area contributed by atoms with Crippen LogP contribution in [0.15, 0.2) is 12.1 Å². The minimum atomic E-state index is -2.60. The zero-order chi connectivity index (χ0) is 27.4. The van der Waals surface area contributed by atoms with Crippen molar-refractivity contribution in [1.82, 2.24) is 20.0 Å². The second kappa shape index (κ2) is 11.4. The highest BCUT2D eigenvalue weighted by atomic mass is 19.3. The van der Waals surface area contributed by atoms with Crippen molar-refractivity contribution in [3.05, 3.63) is 28.9 Å². The molecule has 37 heavy (non-hydrogen) atoms. The number of aromatic nitrogens is 2. The van der Waals surface area contributed by atoms with Gasteiger partial charge in [0.25, 0.3) is 0 Å². The van der Waals surface area contributed by atoms with E-state index in [0.717, 1.165) is 30.5 Å². The highest BCUT2D eigenvalue weighted by Crippen LogP contribution is 2.40. The third-order valence-corrected chi connectivity index (χ3v) is 7.56. The smallest absolute Gasteiger partial charge is 0.248 e.